The Balaban J connectivity index is 2.19. The van der Waals surface area contributed by atoms with Crippen LogP contribution in [-0.2, 0) is 9.59 Å². The number of amides is 2. The second-order valence-corrected chi connectivity index (χ2v) is 3.81. The molecule has 0 aromatic carbocycles. The van der Waals surface area contributed by atoms with E-state index < -0.39 is 16.7 Å². The van der Waals surface area contributed by atoms with E-state index in [1.807, 2.05) is 0 Å². The molecule has 1 aromatic rings. The maximum absolute atomic E-state index is 11.6. The summed E-state index contributed by atoms with van der Waals surface area (Å²) in [6.45, 7) is 0.103. The number of carbonyl (C=O) groups is 2. The van der Waals surface area contributed by atoms with E-state index in [1.165, 1.54) is 4.90 Å². The molecule has 0 radical (unpaired) electrons. The molecule has 1 unspecified atom stereocenters. The highest BCUT2D eigenvalue weighted by Crippen LogP contribution is 2.22. The Morgan fingerprint density at radius 2 is 2.11 bits per heavy atom. The van der Waals surface area contributed by atoms with Crippen molar-refractivity contribution in [3.05, 3.63) is 22.5 Å². The standard InChI is InChI=1S/C9H9N5O4/c10-8(16)5-1-7(15)13(4-5)9-11-2-6(3-12-9)14(17)18/h2-3,5H,1,4H2,(H2,10,16). The van der Waals surface area contributed by atoms with E-state index in [-0.39, 0.29) is 30.5 Å². The summed E-state index contributed by atoms with van der Waals surface area (Å²) in [6, 6.07) is 0. The summed E-state index contributed by atoms with van der Waals surface area (Å²) in [7, 11) is 0. The van der Waals surface area contributed by atoms with Gasteiger partial charge in [0, 0.05) is 13.0 Å². The van der Waals surface area contributed by atoms with Gasteiger partial charge in [-0.25, -0.2) is 9.97 Å². The summed E-state index contributed by atoms with van der Waals surface area (Å²) >= 11 is 0. The second kappa shape index (κ2) is 4.35. The van der Waals surface area contributed by atoms with Crippen LogP contribution in [0.4, 0.5) is 11.6 Å². The molecule has 1 aliphatic rings. The van der Waals surface area contributed by atoms with Gasteiger partial charge in [0.1, 0.15) is 12.4 Å². The van der Waals surface area contributed by atoms with Gasteiger partial charge in [-0.2, -0.15) is 0 Å². The van der Waals surface area contributed by atoms with Crippen LogP contribution in [0, 0.1) is 16.0 Å². The summed E-state index contributed by atoms with van der Waals surface area (Å²) in [5, 5.41) is 10.4. The van der Waals surface area contributed by atoms with Crippen LogP contribution in [0.15, 0.2) is 12.4 Å². The van der Waals surface area contributed by atoms with Crippen molar-refractivity contribution < 1.29 is 14.5 Å². The lowest BCUT2D eigenvalue weighted by molar-refractivity contribution is -0.385. The molecule has 9 heteroatoms. The van der Waals surface area contributed by atoms with E-state index in [0.29, 0.717) is 0 Å². The number of carbonyl (C=O) groups excluding carboxylic acids is 2. The van der Waals surface area contributed by atoms with Gasteiger partial charge in [-0.05, 0) is 0 Å². The molecular formula is C9H9N5O4. The van der Waals surface area contributed by atoms with Gasteiger partial charge in [-0.15, -0.1) is 0 Å². The zero-order valence-electron chi connectivity index (χ0n) is 9.15. The molecule has 1 aliphatic heterocycles. The van der Waals surface area contributed by atoms with Gasteiger partial charge in [0.2, 0.25) is 17.8 Å². The Bertz CT molecular complexity index is 514. The lowest BCUT2D eigenvalue weighted by atomic mass is 10.1. The third-order valence-corrected chi connectivity index (χ3v) is 2.60. The minimum Gasteiger partial charge on any atom is -0.369 e. The Kier molecular flexibility index (Phi) is 2.88. The summed E-state index contributed by atoms with van der Waals surface area (Å²) in [6.07, 6.45) is 2.02. The van der Waals surface area contributed by atoms with E-state index in [2.05, 4.69) is 9.97 Å². The molecule has 1 saturated heterocycles. The lowest BCUT2D eigenvalue weighted by Gasteiger charge is -2.12. The fraction of sp³-hybridized carbons (Fsp3) is 0.333. The molecule has 9 nitrogen and oxygen atoms in total. The monoisotopic (exact) mass is 251 g/mol. The zero-order valence-corrected chi connectivity index (χ0v) is 9.15. The van der Waals surface area contributed by atoms with E-state index in [9.17, 15) is 19.7 Å². The van der Waals surface area contributed by atoms with Gasteiger partial charge in [0.25, 0.3) is 0 Å². The average molecular weight is 251 g/mol. The highest BCUT2D eigenvalue weighted by molar-refractivity contribution is 5.98. The van der Waals surface area contributed by atoms with Gasteiger partial charge in [-0.3, -0.25) is 24.6 Å². The van der Waals surface area contributed by atoms with Crippen molar-refractivity contribution in [3.63, 3.8) is 0 Å². The third kappa shape index (κ3) is 2.10. The maximum atomic E-state index is 11.6. The molecule has 2 N–H and O–H groups in total. The average Bonchev–Trinajstić information content (AvgIpc) is 2.71. The van der Waals surface area contributed by atoms with Crippen LogP contribution < -0.4 is 10.6 Å². The van der Waals surface area contributed by atoms with Crippen LogP contribution in [0.3, 0.4) is 0 Å². The fourth-order valence-electron chi connectivity index (χ4n) is 1.64. The van der Waals surface area contributed by atoms with Gasteiger partial charge < -0.3 is 5.73 Å². The van der Waals surface area contributed by atoms with Crippen molar-refractivity contribution >= 4 is 23.5 Å². The molecule has 0 spiro atoms. The first-order chi connectivity index (χ1) is 8.49. The van der Waals surface area contributed by atoms with Gasteiger partial charge in [0.05, 0.1) is 10.8 Å². The molecule has 0 saturated carbocycles. The number of primary amides is 1. The van der Waals surface area contributed by atoms with Crippen molar-refractivity contribution in [1.82, 2.24) is 9.97 Å². The third-order valence-electron chi connectivity index (χ3n) is 2.60. The number of anilines is 1. The quantitative estimate of drug-likeness (QED) is 0.553. The van der Waals surface area contributed by atoms with Gasteiger partial charge >= 0.3 is 5.69 Å². The minimum absolute atomic E-state index is 0.00960. The van der Waals surface area contributed by atoms with Crippen LogP contribution in [0.25, 0.3) is 0 Å². The number of nitrogens with zero attached hydrogens (tertiary/aromatic N) is 4. The minimum atomic E-state index is -0.637. The first-order valence-corrected chi connectivity index (χ1v) is 5.05. The number of nitrogens with two attached hydrogens (primary N) is 1. The molecule has 1 fully saturated rings. The lowest BCUT2D eigenvalue weighted by Crippen LogP contribution is -2.29. The Morgan fingerprint density at radius 3 is 2.56 bits per heavy atom. The SMILES string of the molecule is NC(=O)C1CC(=O)N(c2ncc([N+](=O)[O-])cn2)C1. The van der Waals surface area contributed by atoms with E-state index in [0.717, 1.165) is 12.4 Å². The summed E-state index contributed by atoms with van der Waals surface area (Å²) in [5.41, 5.74) is 4.85. The van der Waals surface area contributed by atoms with E-state index >= 15 is 0 Å². The van der Waals surface area contributed by atoms with Crippen molar-refractivity contribution in [2.45, 2.75) is 6.42 Å². The topological polar surface area (TPSA) is 132 Å². The predicted molar refractivity (Wildman–Crippen MR) is 58.3 cm³/mol. The molecule has 94 valence electrons. The molecule has 2 heterocycles. The number of nitro groups is 1. The Labute approximate surface area is 101 Å². The summed E-state index contributed by atoms with van der Waals surface area (Å²) in [5.74, 6) is -1.42. The van der Waals surface area contributed by atoms with Crippen LogP contribution in [0.5, 0.6) is 0 Å². The Morgan fingerprint density at radius 1 is 1.50 bits per heavy atom. The smallest absolute Gasteiger partial charge is 0.305 e. The molecule has 1 aromatic heterocycles. The van der Waals surface area contributed by atoms with Crippen LogP contribution in [0.2, 0.25) is 0 Å². The molecule has 2 amide bonds. The summed E-state index contributed by atoms with van der Waals surface area (Å²) < 4.78 is 0. The molecular weight excluding hydrogens is 242 g/mol. The van der Waals surface area contributed by atoms with Crippen LogP contribution in [-0.4, -0.2) is 33.3 Å². The van der Waals surface area contributed by atoms with E-state index in [4.69, 9.17) is 5.73 Å². The van der Waals surface area contributed by atoms with Crippen molar-refractivity contribution in [1.29, 1.82) is 0 Å². The van der Waals surface area contributed by atoms with Gasteiger partial charge in [-0.1, -0.05) is 0 Å². The molecule has 1 atom stereocenters. The van der Waals surface area contributed by atoms with E-state index in [1.54, 1.807) is 0 Å². The number of hydrogen-bond acceptors (Lipinski definition) is 6. The second-order valence-electron chi connectivity index (χ2n) is 3.81. The normalized spacial score (nSPS) is 19.0. The molecule has 18 heavy (non-hydrogen) atoms. The molecule has 0 aliphatic carbocycles. The maximum Gasteiger partial charge on any atom is 0.305 e. The molecule has 0 bridgehead atoms. The zero-order chi connectivity index (χ0) is 13.3. The first-order valence-electron chi connectivity index (χ1n) is 5.05. The van der Waals surface area contributed by atoms with Gasteiger partial charge in [0.15, 0.2) is 0 Å². The number of hydrogen-bond donors (Lipinski definition) is 1. The Hall–Kier alpha value is -2.58. The summed E-state index contributed by atoms with van der Waals surface area (Å²) in [4.78, 5) is 41.0. The van der Waals surface area contributed by atoms with Crippen molar-refractivity contribution in [2.75, 3.05) is 11.4 Å². The highest BCUT2D eigenvalue weighted by Gasteiger charge is 2.35. The molecule has 2 rings (SSSR count). The number of rotatable bonds is 3. The largest absolute Gasteiger partial charge is 0.369 e. The predicted octanol–water partition coefficient (Wildman–Crippen LogP) is -0.777. The van der Waals surface area contributed by atoms with Crippen LogP contribution >= 0.6 is 0 Å². The number of aromatic nitrogens is 2. The first kappa shape index (κ1) is 11.9. The van der Waals surface area contributed by atoms with Crippen LogP contribution in [0.1, 0.15) is 6.42 Å². The van der Waals surface area contributed by atoms with Crippen molar-refractivity contribution in [3.8, 4) is 0 Å². The fourth-order valence-corrected chi connectivity index (χ4v) is 1.64. The highest BCUT2D eigenvalue weighted by atomic mass is 16.6. The van der Waals surface area contributed by atoms with Crippen molar-refractivity contribution in [2.24, 2.45) is 11.7 Å².